The summed E-state index contributed by atoms with van der Waals surface area (Å²) < 4.78 is 0. The first-order chi connectivity index (χ1) is 9.28. The van der Waals surface area contributed by atoms with E-state index in [9.17, 15) is 0 Å². The number of hydrazine groups is 1. The smallest absolute Gasteiger partial charge is 0.129 e. The lowest BCUT2D eigenvalue weighted by Gasteiger charge is -2.33. The normalized spacial score (nSPS) is 18.5. The Balaban J connectivity index is 1.73. The molecule has 1 aliphatic carbocycles. The lowest BCUT2D eigenvalue weighted by Crippen LogP contribution is -2.31. The van der Waals surface area contributed by atoms with Gasteiger partial charge in [-0.25, -0.2) is 4.98 Å². The van der Waals surface area contributed by atoms with Gasteiger partial charge in [0, 0.05) is 12.2 Å². The Labute approximate surface area is 117 Å². The van der Waals surface area contributed by atoms with Gasteiger partial charge in [-0.1, -0.05) is 41.9 Å². The van der Waals surface area contributed by atoms with Crippen molar-refractivity contribution in [1.82, 2.24) is 10.4 Å². The first kappa shape index (κ1) is 12.6. The lowest BCUT2D eigenvalue weighted by atomic mass is 9.74. The van der Waals surface area contributed by atoms with Crippen LogP contribution in [0.1, 0.15) is 35.1 Å². The summed E-state index contributed by atoms with van der Waals surface area (Å²) in [5.41, 5.74) is 6.87. The molecule has 3 nitrogen and oxygen atoms in total. The number of hydrogen-bond donors (Lipinski definition) is 2. The van der Waals surface area contributed by atoms with Crippen LogP contribution in [0.5, 0.6) is 0 Å². The number of pyridine rings is 1. The van der Waals surface area contributed by atoms with Gasteiger partial charge < -0.3 is 0 Å². The number of aromatic nitrogens is 1. The molecule has 0 saturated carbocycles. The minimum absolute atomic E-state index is 0.114. The van der Waals surface area contributed by atoms with E-state index >= 15 is 0 Å². The lowest BCUT2D eigenvalue weighted by molar-refractivity contribution is 0.434. The van der Waals surface area contributed by atoms with E-state index in [1.807, 2.05) is 6.07 Å². The standard InChI is InChI=1S/C15H16ClN3/c16-15-6-5-11(9-18-15)14(19-17)8-12-7-10-3-1-2-4-13(10)12/h1-6,9,12,14,19H,7-8,17H2. The van der Waals surface area contributed by atoms with Crippen LogP contribution >= 0.6 is 11.6 Å². The molecule has 0 amide bonds. The zero-order valence-corrected chi connectivity index (χ0v) is 11.3. The number of benzene rings is 1. The zero-order valence-electron chi connectivity index (χ0n) is 10.5. The van der Waals surface area contributed by atoms with Crippen LogP contribution in [0, 0.1) is 0 Å². The van der Waals surface area contributed by atoms with Crippen LogP contribution < -0.4 is 11.3 Å². The van der Waals surface area contributed by atoms with Crippen LogP contribution in [0.4, 0.5) is 0 Å². The molecule has 0 bridgehead atoms. The highest BCUT2D eigenvalue weighted by Gasteiger charge is 2.28. The molecule has 1 heterocycles. The maximum atomic E-state index is 5.81. The molecule has 0 spiro atoms. The van der Waals surface area contributed by atoms with Gasteiger partial charge in [0.05, 0.1) is 0 Å². The van der Waals surface area contributed by atoms with Crippen LogP contribution in [0.15, 0.2) is 42.6 Å². The second-order valence-electron chi connectivity index (χ2n) is 4.97. The Morgan fingerprint density at radius 2 is 2.16 bits per heavy atom. The minimum atomic E-state index is 0.114. The number of nitrogens with two attached hydrogens (primary N) is 1. The van der Waals surface area contributed by atoms with Gasteiger partial charge in [0.25, 0.3) is 0 Å². The molecule has 0 aliphatic heterocycles. The highest BCUT2D eigenvalue weighted by molar-refractivity contribution is 6.29. The maximum Gasteiger partial charge on any atom is 0.129 e. The first-order valence-corrected chi connectivity index (χ1v) is 6.81. The van der Waals surface area contributed by atoms with Crippen LogP contribution in [-0.4, -0.2) is 4.98 Å². The fourth-order valence-corrected chi connectivity index (χ4v) is 2.86. The Morgan fingerprint density at radius 1 is 1.32 bits per heavy atom. The molecule has 0 radical (unpaired) electrons. The Hall–Kier alpha value is -1.42. The van der Waals surface area contributed by atoms with Gasteiger partial charge in [-0.15, -0.1) is 0 Å². The molecule has 4 heteroatoms. The summed E-state index contributed by atoms with van der Waals surface area (Å²) in [6.07, 6.45) is 3.91. The number of halogens is 1. The van der Waals surface area contributed by atoms with Crippen molar-refractivity contribution >= 4 is 11.6 Å². The fourth-order valence-electron chi connectivity index (χ4n) is 2.75. The monoisotopic (exact) mass is 273 g/mol. The van der Waals surface area contributed by atoms with Gasteiger partial charge in [-0.05, 0) is 41.5 Å². The van der Waals surface area contributed by atoms with Crippen molar-refractivity contribution in [3.63, 3.8) is 0 Å². The van der Waals surface area contributed by atoms with Crippen molar-refractivity contribution in [3.8, 4) is 0 Å². The van der Waals surface area contributed by atoms with Gasteiger partial charge in [0.15, 0.2) is 0 Å². The topological polar surface area (TPSA) is 50.9 Å². The summed E-state index contributed by atoms with van der Waals surface area (Å²) >= 11 is 5.81. The van der Waals surface area contributed by atoms with Crippen molar-refractivity contribution in [2.75, 3.05) is 0 Å². The number of hydrogen-bond acceptors (Lipinski definition) is 3. The summed E-state index contributed by atoms with van der Waals surface area (Å²) in [7, 11) is 0. The molecule has 2 unspecified atom stereocenters. The predicted octanol–water partition coefficient (Wildman–Crippen LogP) is 2.97. The van der Waals surface area contributed by atoms with Gasteiger partial charge in [-0.2, -0.15) is 0 Å². The third-order valence-corrected chi connectivity index (χ3v) is 4.06. The van der Waals surface area contributed by atoms with Gasteiger partial charge in [-0.3, -0.25) is 11.3 Å². The molecular formula is C15H16ClN3. The molecule has 0 fully saturated rings. The maximum absolute atomic E-state index is 5.81. The van der Waals surface area contributed by atoms with Crippen molar-refractivity contribution in [3.05, 3.63) is 64.4 Å². The SMILES string of the molecule is NNC(CC1Cc2ccccc21)c1ccc(Cl)nc1. The summed E-state index contributed by atoms with van der Waals surface area (Å²) in [6.45, 7) is 0. The summed E-state index contributed by atoms with van der Waals surface area (Å²) in [5, 5.41) is 0.508. The highest BCUT2D eigenvalue weighted by atomic mass is 35.5. The molecule has 2 atom stereocenters. The average molecular weight is 274 g/mol. The van der Waals surface area contributed by atoms with E-state index in [1.165, 1.54) is 11.1 Å². The fraction of sp³-hybridized carbons (Fsp3) is 0.267. The van der Waals surface area contributed by atoms with Crippen molar-refractivity contribution in [2.45, 2.75) is 24.8 Å². The molecule has 98 valence electrons. The van der Waals surface area contributed by atoms with Crippen LogP contribution in [-0.2, 0) is 6.42 Å². The number of nitrogens with one attached hydrogen (secondary N) is 1. The van der Waals surface area contributed by atoms with E-state index in [4.69, 9.17) is 17.4 Å². The minimum Gasteiger partial charge on any atom is -0.271 e. The van der Waals surface area contributed by atoms with Crippen LogP contribution in [0.3, 0.4) is 0 Å². The van der Waals surface area contributed by atoms with E-state index in [0.29, 0.717) is 11.1 Å². The molecule has 3 N–H and O–H groups in total. The first-order valence-electron chi connectivity index (χ1n) is 6.43. The zero-order chi connectivity index (χ0) is 13.2. The Bertz CT molecular complexity index is 568. The Morgan fingerprint density at radius 3 is 2.84 bits per heavy atom. The van der Waals surface area contributed by atoms with Crippen molar-refractivity contribution < 1.29 is 0 Å². The van der Waals surface area contributed by atoms with E-state index in [-0.39, 0.29) is 6.04 Å². The van der Waals surface area contributed by atoms with Crippen LogP contribution in [0.2, 0.25) is 5.15 Å². The molecule has 1 aliphatic rings. The van der Waals surface area contributed by atoms with Gasteiger partial charge in [0.2, 0.25) is 0 Å². The number of rotatable bonds is 4. The number of fused-ring (bicyclic) bond motifs is 1. The van der Waals surface area contributed by atoms with E-state index < -0.39 is 0 Å². The quantitative estimate of drug-likeness (QED) is 0.512. The van der Waals surface area contributed by atoms with E-state index in [1.54, 1.807) is 12.3 Å². The molecule has 2 aromatic rings. The largest absolute Gasteiger partial charge is 0.271 e. The van der Waals surface area contributed by atoms with Crippen molar-refractivity contribution in [2.24, 2.45) is 5.84 Å². The second kappa shape index (κ2) is 5.29. The highest BCUT2D eigenvalue weighted by Crippen LogP contribution is 2.40. The van der Waals surface area contributed by atoms with Crippen LogP contribution in [0.25, 0.3) is 0 Å². The second-order valence-corrected chi connectivity index (χ2v) is 5.36. The molecular weight excluding hydrogens is 258 g/mol. The third-order valence-electron chi connectivity index (χ3n) is 3.84. The van der Waals surface area contributed by atoms with Gasteiger partial charge >= 0.3 is 0 Å². The average Bonchev–Trinajstić information content (AvgIpc) is 2.42. The third kappa shape index (κ3) is 2.50. The molecule has 1 aromatic carbocycles. The summed E-state index contributed by atoms with van der Waals surface area (Å²) in [4.78, 5) is 4.11. The molecule has 1 aromatic heterocycles. The van der Waals surface area contributed by atoms with E-state index in [2.05, 4.69) is 34.7 Å². The number of nitrogens with zero attached hydrogens (tertiary/aromatic N) is 1. The van der Waals surface area contributed by atoms with E-state index in [0.717, 1.165) is 18.4 Å². The molecule has 3 rings (SSSR count). The Kier molecular flexibility index (Phi) is 3.51. The van der Waals surface area contributed by atoms with Gasteiger partial charge in [0.1, 0.15) is 5.15 Å². The molecule has 19 heavy (non-hydrogen) atoms. The van der Waals surface area contributed by atoms with Crippen molar-refractivity contribution in [1.29, 1.82) is 0 Å². The molecule has 0 saturated heterocycles. The summed E-state index contributed by atoms with van der Waals surface area (Å²) in [5.74, 6) is 6.26. The predicted molar refractivity (Wildman–Crippen MR) is 76.8 cm³/mol. The summed E-state index contributed by atoms with van der Waals surface area (Å²) in [6, 6.07) is 12.5.